The monoisotopic (exact) mass is 424 g/mol. The molecule has 0 fully saturated rings. The molecule has 0 radical (unpaired) electrons. The van der Waals surface area contributed by atoms with E-state index in [9.17, 15) is 4.79 Å². The van der Waals surface area contributed by atoms with E-state index in [2.05, 4.69) is 22.6 Å². The van der Waals surface area contributed by atoms with Crippen LogP contribution in [-0.2, 0) is 0 Å². The van der Waals surface area contributed by atoms with Gasteiger partial charge in [0.15, 0.2) is 17.3 Å². The SMILES string of the molecule is COc1cc(OC)c(OC)cc1/C=C/C(=O)c1ccc(I)cc1. The molecule has 0 N–H and O–H groups in total. The first-order valence-electron chi connectivity index (χ1n) is 6.87. The summed E-state index contributed by atoms with van der Waals surface area (Å²) in [6.45, 7) is 0. The van der Waals surface area contributed by atoms with E-state index in [1.165, 1.54) is 6.08 Å². The molecule has 0 spiro atoms. The molecular weight excluding hydrogens is 407 g/mol. The van der Waals surface area contributed by atoms with Crippen LogP contribution in [0.3, 0.4) is 0 Å². The summed E-state index contributed by atoms with van der Waals surface area (Å²) >= 11 is 2.20. The molecule has 0 atom stereocenters. The van der Waals surface area contributed by atoms with Crippen LogP contribution in [0.5, 0.6) is 17.2 Å². The lowest BCUT2D eigenvalue weighted by Gasteiger charge is -2.12. The molecule has 0 aliphatic heterocycles. The highest BCUT2D eigenvalue weighted by atomic mass is 127. The molecule has 0 saturated carbocycles. The smallest absolute Gasteiger partial charge is 0.185 e. The van der Waals surface area contributed by atoms with Crippen LogP contribution >= 0.6 is 22.6 Å². The van der Waals surface area contributed by atoms with Crippen molar-refractivity contribution in [3.8, 4) is 17.2 Å². The summed E-state index contributed by atoms with van der Waals surface area (Å²) in [7, 11) is 4.70. The molecule has 2 aromatic rings. The van der Waals surface area contributed by atoms with Gasteiger partial charge < -0.3 is 14.2 Å². The molecular formula is C18H17IO4. The normalized spacial score (nSPS) is 10.6. The molecule has 2 aromatic carbocycles. The molecule has 0 amide bonds. The van der Waals surface area contributed by atoms with Crippen molar-refractivity contribution in [1.82, 2.24) is 0 Å². The van der Waals surface area contributed by atoms with Crippen LogP contribution in [0.15, 0.2) is 42.5 Å². The minimum Gasteiger partial charge on any atom is -0.496 e. The zero-order chi connectivity index (χ0) is 16.8. The van der Waals surface area contributed by atoms with Crippen LogP contribution in [0.1, 0.15) is 15.9 Å². The van der Waals surface area contributed by atoms with Crippen molar-refractivity contribution in [2.75, 3.05) is 21.3 Å². The second-order valence-electron chi connectivity index (χ2n) is 4.65. The number of hydrogen-bond donors (Lipinski definition) is 0. The number of carbonyl (C=O) groups excluding carboxylic acids is 1. The number of rotatable bonds is 6. The van der Waals surface area contributed by atoms with Gasteiger partial charge in [0, 0.05) is 20.8 Å². The summed E-state index contributed by atoms with van der Waals surface area (Å²) in [5, 5.41) is 0. The lowest BCUT2D eigenvalue weighted by atomic mass is 10.1. The van der Waals surface area contributed by atoms with E-state index < -0.39 is 0 Å². The van der Waals surface area contributed by atoms with E-state index in [1.807, 2.05) is 12.1 Å². The number of methoxy groups -OCH3 is 3. The quantitative estimate of drug-likeness (QED) is 0.396. The molecule has 5 heteroatoms. The van der Waals surface area contributed by atoms with Crippen molar-refractivity contribution in [3.05, 3.63) is 57.2 Å². The number of ether oxygens (including phenoxy) is 3. The molecule has 0 aliphatic carbocycles. The van der Waals surface area contributed by atoms with Crippen LogP contribution < -0.4 is 14.2 Å². The summed E-state index contributed by atoms with van der Waals surface area (Å²) in [6.07, 6.45) is 3.23. The fraction of sp³-hybridized carbons (Fsp3) is 0.167. The van der Waals surface area contributed by atoms with Crippen molar-refractivity contribution in [2.24, 2.45) is 0 Å². The predicted octanol–water partition coefficient (Wildman–Crippen LogP) is 4.21. The highest BCUT2D eigenvalue weighted by Crippen LogP contribution is 2.35. The summed E-state index contributed by atoms with van der Waals surface area (Å²) in [5.74, 6) is 1.69. The molecule has 2 rings (SSSR count). The Morgan fingerprint density at radius 2 is 1.48 bits per heavy atom. The number of carbonyl (C=O) groups is 1. The predicted molar refractivity (Wildman–Crippen MR) is 98.6 cm³/mol. The lowest BCUT2D eigenvalue weighted by Crippen LogP contribution is -1.96. The number of ketones is 1. The molecule has 0 unspecified atom stereocenters. The van der Waals surface area contributed by atoms with E-state index >= 15 is 0 Å². The first-order valence-corrected chi connectivity index (χ1v) is 7.95. The van der Waals surface area contributed by atoms with E-state index in [-0.39, 0.29) is 5.78 Å². The van der Waals surface area contributed by atoms with Crippen LogP contribution in [0, 0.1) is 3.57 Å². The molecule has 0 aliphatic rings. The van der Waals surface area contributed by atoms with Crippen LogP contribution in [0.25, 0.3) is 6.08 Å². The van der Waals surface area contributed by atoms with Gasteiger partial charge in [-0.05, 0) is 52.9 Å². The maximum absolute atomic E-state index is 12.2. The number of halogens is 1. The van der Waals surface area contributed by atoms with Gasteiger partial charge in [-0.2, -0.15) is 0 Å². The van der Waals surface area contributed by atoms with Crippen molar-refractivity contribution in [1.29, 1.82) is 0 Å². The highest BCUT2D eigenvalue weighted by molar-refractivity contribution is 14.1. The minimum absolute atomic E-state index is 0.0711. The second kappa shape index (κ2) is 8.01. The Kier molecular flexibility index (Phi) is 6.04. The van der Waals surface area contributed by atoms with Gasteiger partial charge in [0.25, 0.3) is 0 Å². The fourth-order valence-corrected chi connectivity index (χ4v) is 2.42. The second-order valence-corrected chi connectivity index (χ2v) is 5.90. The zero-order valence-corrected chi connectivity index (χ0v) is 15.3. The fourth-order valence-electron chi connectivity index (χ4n) is 2.06. The third-order valence-electron chi connectivity index (χ3n) is 3.28. The van der Waals surface area contributed by atoms with Gasteiger partial charge in [-0.1, -0.05) is 12.1 Å². The highest BCUT2D eigenvalue weighted by Gasteiger charge is 2.10. The van der Waals surface area contributed by atoms with Crippen LogP contribution in [0.2, 0.25) is 0 Å². The van der Waals surface area contributed by atoms with Crippen LogP contribution in [0.4, 0.5) is 0 Å². The standard InChI is InChI=1S/C18H17IO4/c1-21-16-11-18(23-3)17(22-2)10-13(16)6-9-15(20)12-4-7-14(19)8-5-12/h4-11H,1-3H3/b9-6+. The lowest BCUT2D eigenvalue weighted by molar-refractivity contribution is 0.104. The van der Waals surface area contributed by atoms with Crippen molar-refractivity contribution < 1.29 is 19.0 Å². The van der Waals surface area contributed by atoms with Gasteiger partial charge in [0.05, 0.1) is 21.3 Å². The van der Waals surface area contributed by atoms with Gasteiger partial charge in [-0.25, -0.2) is 0 Å². The largest absolute Gasteiger partial charge is 0.496 e. The van der Waals surface area contributed by atoms with Crippen molar-refractivity contribution in [2.45, 2.75) is 0 Å². The van der Waals surface area contributed by atoms with Gasteiger partial charge in [-0.15, -0.1) is 0 Å². The summed E-state index contributed by atoms with van der Waals surface area (Å²) in [4.78, 5) is 12.2. The number of benzene rings is 2. The summed E-state index contributed by atoms with van der Waals surface area (Å²) in [5.41, 5.74) is 1.38. The van der Waals surface area contributed by atoms with E-state index in [0.29, 0.717) is 22.8 Å². The van der Waals surface area contributed by atoms with Gasteiger partial charge in [0.2, 0.25) is 0 Å². The van der Waals surface area contributed by atoms with Gasteiger partial charge >= 0.3 is 0 Å². The first kappa shape index (κ1) is 17.3. The Hall–Kier alpha value is -2.02. The van der Waals surface area contributed by atoms with E-state index in [1.54, 1.807) is 51.7 Å². The Morgan fingerprint density at radius 3 is 2.04 bits per heavy atom. The number of hydrogen-bond acceptors (Lipinski definition) is 4. The van der Waals surface area contributed by atoms with E-state index in [0.717, 1.165) is 9.13 Å². The van der Waals surface area contributed by atoms with Gasteiger partial charge in [0.1, 0.15) is 5.75 Å². The molecule has 4 nitrogen and oxygen atoms in total. The average Bonchev–Trinajstić information content (AvgIpc) is 2.59. The summed E-state index contributed by atoms with van der Waals surface area (Å²) < 4.78 is 17.0. The third kappa shape index (κ3) is 4.25. The molecule has 0 bridgehead atoms. The molecule has 23 heavy (non-hydrogen) atoms. The topological polar surface area (TPSA) is 44.8 Å². The Balaban J connectivity index is 2.30. The molecule has 0 aromatic heterocycles. The van der Waals surface area contributed by atoms with Crippen molar-refractivity contribution in [3.63, 3.8) is 0 Å². The first-order chi connectivity index (χ1) is 11.1. The molecule has 0 saturated heterocycles. The minimum atomic E-state index is -0.0711. The molecule has 0 heterocycles. The maximum Gasteiger partial charge on any atom is 0.185 e. The maximum atomic E-state index is 12.2. The Labute approximate surface area is 149 Å². The molecule has 120 valence electrons. The zero-order valence-electron chi connectivity index (χ0n) is 13.1. The third-order valence-corrected chi connectivity index (χ3v) is 4.00. The number of allylic oxidation sites excluding steroid dienone is 1. The average molecular weight is 424 g/mol. The summed E-state index contributed by atoms with van der Waals surface area (Å²) in [6, 6.07) is 10.9. The van der Waals surface area contributed by atoms with Gasteiger partial charge in [-0.3, -0.25) is 4.79 Å². The van der Waals surface area contributed by atoms with Crippen molar-refractivity contribution >= 4 is 34.5 Å². The Bertz CT molecular complexity index is 721. The Morgan fingerprint density at radius 1 is 0.913 bits per heavy atom. The van der Waals surface area contributed by atoms with E-state index in [4.69, 9.17) is 14.2 Å². The van der Waals surface area contributed by atoms with Crippen LogP contribution in [-0.4, -0.2) is 27.1 Å².